The largest absolute Gasteiger partial charge is 0.395 e. The maximum Gasteiger partial charge on any atom is 0.234 e. The molecule has 1 aliphatic heterocycles. The van der Waals surface area contributed by atoms with Crippen LogP contribution in [0.3, 0.4) is 0 Å². The van der Waals surface area contributed by atoms with Crippen LogP contribution in [0.25, 0.3) is 0 Å². The number of carbonyl (C=O) groups excluding carboxylic acids is 1. The highest BCUT2D eigenvalue weighted by Crippen LogP contribution is 2.22. The topological polar surface area (TPSA) is 52.6 Å². The Bertz CT molecular complexity index is 464. The van der Waals surface area contributed by atoms with E-state index >= 15 is 0 Å². The summed E-state index contributed by atoms with van der Waals surface area (Å²) in [5.74, 6) is 0.160. The minimum atomic E-state index is -0.249. The van der Waals surface area contributed by atoms with Gasteiger partial charge in [-0.1, -0.05) is 19.1 Å². The summed E-state index contributed by atoms with van der Waals surface area (Å²) in [6, 6.07) is 6.40. The lowest BCUT2D eigenvalue weighted by molar-refractivity contribution is -0.122. The van der Waals surface area contributed by atoms with Crippen LogP contribution in [-0.2, 0) is 11.2 Å². The Labute approximate surface area is 125 Å². The molecule has 2 rings (SSSR count). The highest BCUT2D eigenvalue weighted by molar-refractivity contribution is 5.78. The van der Waals surface area contributed by atoms with Crippen molar-refractivity contribution in [2.45, 2.75) is 25.8 Å². The van der Waals surface area contributed by atoms with Crippen LogP contribution in [0.4, 0.5) is 4.39 Å². The zero-order valence-electron chi connectivity index (χ0n) is 12.4. The van der Waals surface area contributed by atoms with Crippen molar-refractivity contribution in [1.82, 2.24) is 10.2 Å². The number of likely N-dealkylation sites (tertiary alicyclic amines) is 1. The van der Waals surface area contributed by atoms with Gasteiger partial charge in [0.1, 0.15) is 5.82 Å². The molecule has 2 atom stereocenters. The highest BCUT2D eigenvalue weighted by atomic mass is 19.1. The third kappa shape index (κ3) is 4.51. The van der Waals surface area contributed by atoms with E-state index in [2.05, 4.69) is 12.2 Å². The van der Waals surface area contributed by atoms with E-state index in [1.807, 2.05) is 4.90 Å². The van der Waals surface area contributed by atoms with Gasteiger partial charge >= 0.3 is 0 Å². The predicted octanol–water partition coefficient (Wildman–Crippen LogP) is 1.19. The van der Waals surface area contributed by atoms with E-state index in [-0.39, 0.29) is 24.4 Å². The number of rotatable bonds is 6. The van der Waals surface area contributed by atoms with Gasteiger partial charge in [-0.15, -0.1) is 0 Å². The van der Waals surface area contributed by atoms with Crippen molar-refractivity contribution < 1.29 is 14.3 Å². The molecule has 4 nitrogen and oxygen atoms in total. The fourth-order valence-corrected chi connectivity index (χ4v) is 2.82. The number of carbonyl (C=O) groups is 1. The van der Waals surface area contributed by atoms with Crippen molar-refractivity contribution in [3.63, 3.8) is 0 Å². The van der Waals surface area contributed by atoms with Gasteiger partial charge in [0.2, 0.25) is 5.91 Å². The minimum Gasteiger partial charge on any atom is -0.395 e. The van der Waals surface area contributed by atoms with E-state index in [9.17, 15) is 14.3 Å². The number of halogens is 1. The van der Waals surface area contributed by atoms with Crippen LogP contribution < -0.4 is 5.32 Å². The van der Waals surface area contributed by atoms with E-state index in [0.717, 1.165) is 18.5 Å². The lowest BCUT2D eigenvalue weighted by Crippen LogP contribution is -2.42. The molecule has 1 aliphatic rings. The molecular formula is C16H23FN2O2. The summed E-state index contributed by atoms with van der Waals surface area (Å²) in [6.07, 6.45) is 1.71. The standard InChI is InChI=1S/C16H23FN2O2/c1-12-7-9-19(15(12)11-20)10-16(21)18-8-6-13-2-4-14(17)5-3-13/h2-5,12,15,20H,6-11H2,1H3,(H,18,21). The molecule has 0 saturated carbocycles. The molecule has 0 bridgehead atoms. The first kappa shape index (κ1) is 15.9. The second kappa shape index (κ2) is 7.52. The number of amides is 1. The van der Waals surface area contributed by atoms with Crippen molar-refractivity contribution in [3.05, 3.63) is 35.6 Å². The summed E-state index contributed by atoms with van der Waals surface area (Å²) in [4.78, 5) is 14.0. The SMILES string of the molecule is CC1CCN(CC(=O)NCCc2ccc(F)cc2)C1CO. The molecule has 0 aromatic heterocycles. The molecule has 0 spiro atoms. The number of aliphatic hydroxyl groups excluding tert-OH is 1. The second-order valence-corrected chi connectivity index (χ2v) is 5.71. The molecule has 1 heterocycles. The van der Waals surface area contributed by atoms with Gasteiger partial charge in [0.15, 0.2) is 0 Å². The number of aliphatic hydroxyl groups is 1. The highest BCUT2D eigenvalue weighted by Gasteiger charge is 2.31. The van der Waals surface area contributed by atoms with Gasteiger partial charge in [0, 0.05) is 12.6 Å². The van der Waals surface area contributed by atoms with Crippen LogP contribution in [0, 0.1) is 11.7 Å². The Morgan fingerprint density at radius 2 is 2.14 bits per heavy atom. The molecule has 21 heavy (non-hydrogen) atoms. The van der Waals surface area contributed by atoms with Crippen LogP contribution in [0.2, 0.25) is 0 Å². The van der Waals surface area contributed by atoms with Gasteiger partial charge in [-0.2, -0.15) is 0 Å². The fraction of sp³-hybridized carbons (Fsp3) is 0.562. The van der Waals surface area contributed by atoms with Crippen LogP contribution >= 0.6 is 0 Å². The van der Waals surface area contributed by atoms with Crippen LogP contribution in [0.5, 0.6) is 0 Å². The average molecular weight is 294 g/mol. The zero-order valence-corrected chi connectivity index (χ0v) is 12.4. The maximum atomic E-state index is 12.8. The smallest absolute Gasteiger partial charge is 0.234 e. The van der Waals surface area contributed by atoms with Crippen LogP contribution in [0.15, 0.2) is 24.3 Å². The molecule has 116 valence electrons. The molecule has 0 radical (unpaired) electrons. The quantitative estimate of drug-likeness (QED) is 0.828. The summed E-state index contributed by atoms with van der Waals surface area (Å²) >= 11 is 0. The van der Waals surface area contributed by atoms with E-state index < -0.39 is 0 Å². The van der Waals surface area contributed by atoms with E-state index in [1.165, 1.54) is 12.1 Å². The van der Waals surface area contributed by atoms with Gasteiger partial charge in [0.25, 0.3) is 0 Å². The lowest BCUT2D eigenvalue weighted by atomic mass is 10.0. The molecule has 1 saturated heterocycles. The van der Waals surface area contributed by atoms with Crippen LogP contribution in [-0.4, -0.2) is 48.2 Å². The van der Waals surface area contributed by atoms with Crippen molar-refractivity contribution in [2.75, 3.05) is 26.2 Å². The van der Waals surface area contributed by atoms with Crippen molar-refractivity contribution >= 4 is 5.91 Å². The summed E-state index contributed by atoms with van der Waals surface area (Å²) in [6.45, 7) is 3.94. The Balaban J connectivity index is 1.71. The van der Waals surface area contributed by atoms with E-state index in [0.29, 0.717) is 25.4 Å². The Morgan fingerprint density at radius 3 is 2.81 bits per heavy atom. The summed E-state index contributed by atoms with van der Waals surface area (Å²) in [5, 5.41) is 12.2. The summed E-state index contributed by atoms with van der Waals surface area (Å²) in [7, 11) is 0. The van der Waals surface area contributed by atoms with Gasteiger partial charge in [-0.3, -0.25) is 9.69 Å². The Morgan fingerprint density at radius 1 is 1.43 bits per heavy atom. The molecule has 1 aromatic rings. The van der Waals surface area contributed by atoms with Crippen molar-refractivity contribution in [1.29, 1.82) is 0 Å². The van der Waals surface area contributed by atoms with Gasteiger partial charge in [0.05, 0.1) is 13.2 Å². The molecule has 5 heteroatoms. The number of nitrogens with one attached hydrogen (secondary N) is 1. The molecule has 0 aliphatic carbocycles. The average Bonchev–Trinajstić information content (AvgIpc) is 2.81. The Hall–Kier alpha value is -1.46. The zero-order chi connectivity index (χ0) is 15.2. The maximum absolute atomic E-state index is 12.8. The fourth-order valence-electron chi connectivity index (χ4n) is 2.82. The first-order chi connectivity index (χ1) is 10.1. The van der Waals surface area contributed by atoms with Crippen molar-refractivity contribution in [3.8, 4) is 0 Å². The number of hydrogen-bond donors (Lipinski definition) is 2. The Kier molecular flexibility index (Phi) is 5.70. The monoisotopic (exact) mass is 294 g/mol. The van der Waals surface area contributed by atoms with Gasteiger partial charge < -0.3 is 10.4 Å². The normalized spacial score (nSPS) is 22.4. The first-order valence-corrected chi connectivity index (χ1v) is 7.46. The third-order valence-electron chi connectivity index (χ3n) is 4.18. The van der Waals surface area contributed by atoms with E-state index in [1.54, 1.807) is 12.1 Å². The second-order valence-electron chi connectivity index (χ2n) is 5.71. The van der Waals surface area contributed by atoms with E-state index in [4.69, 9.17) is 0 Å². The number of nitrogens with zero attached hydrogens (tertiary/aromatic N) is 1. The molecule has 2 N–H and O–H groups in total. The van der Waals surface area contributed by atoms with Crippen molar-refractivity contribution in [2.24, 2.45) is 5.92 Å². The third-order valence-corrected chi connectivity index (χ3v) is 4.18. The lowest BCUT2D eigenvalue weighted by Gasteiger charge is -2.24. The molecule has 1 amide bonds. The van der Waals surface area contributed by atoms with Crippen LogP contribution in [0.1, 0.15) is 18.9 Å². The number of benzene rings is 1. The number of hydrogen-bond acceptors (Lipinski definition) is 3. The predicted molar refractivity (Wildman–Crippen MR) is 79.3 cm³/mol. The first-order valence-electron chi connectivity index (χ1n) is 7.46. The summed E-state index contributed by atoms with van der Waals surface area (Å²) < 4.78 is 12.8. The molecule has 2 unspecified atom stereocenters. The molecular weight excluding hydrogens is 271 g/mol. The molecule has 1 fully saturated rings. The van der Waals surface area contributed by atoms with Gasteiger partial charge in [-0.05, 0) is 43.0 Å². The van der Waals surface area contributed by atoms with Gasteiger partial charge in [-0.25, -0.2) is 4.39 Å². The minimum absolute atomic E-state index is 0.0235. The molecule has 1 aromatic carbocycles. The summed E-state index contributed by atoms with van der Waals surface area (Å²) in [5.41, 5.74) is 1.000.